The van der Waals surface area contributed by atoms with E-state index in [-0.39, 0.29) is 23.7 Å². The van der Waals surface area contributed by atoms with Gasteiger partial charge in [0.15, 0.2) is 0 Å². The van der Waals surface area contributed by atoms with Crippen LogP contribution >= 0.6 is 0 Å². The number of hydrogen-bond acceptors (Lipinski definition) is 6. The van der Waals surface area contributed by atoms with Gasteiger partial charge in [-0.1, -0.05) is 0 Å². The van der Waals surface area contributed by atoms with Gasteiger partial charge in [-0.2, -0.15) is 0 Å². The molecular weight excluding hydrogens is 371 g/mol. The molecule has 0 saturated carbocycles. The van der Waals surface area contributed by atoms with Crippen LogP contribution < -0.4 is 20.1 Å². The summed E-state index contributed by atoms with van der Waals surface area (Å²) in [6.07, 6.45) is -4.79. The number of nitro groups is 1. The fourth-order valence-corrected chi connectivity index (χ4v) is 2.05. The van der Waals surface area contributed by atoms with Crippen LogP contribution in [0.4, 0.5) is 30.2 Å². The number of rotatable bonds is 7. The van der Waals surface area contributed by atoms with Crippen molar-refractivity contribution in [2.45, 2.75) is 6.36 Å². The van der Waals surface area contributed by atoms with Crippen molar-refractivity contribution >= 4 is 23.0 Å². The second-order valence-corrected chi connectivity index (χ2v) is 5.11. The number of carbonyl (C=O) groups excluding carboxylic acids is 1. The van der Waals surface area contributed by atoms with Crippen molar-refractivity contribution in [1.82, 2.24) is 0 Å². The fraction of sp³-hybridized carbons (Fsp3) is 0.188. The third kappa shape index (κ3) is 6.06. The molecule has 0 aliphatic carbocycles. The quantitative estimate of drug-likeness (QED) is 0.558. The highest BCUT2D eigenvalue weighted by Gasteiger charge is 2.30. The molecule has 0 atom stereocenters. The summed E-state index contributed by atoms with van der Waals surface area (Å²) in [6, 6.07) is 8.72. The number of benzene rings is 2. The van der Waals surface area contributed by atoms with E-state index in [1.165, 1.54) is 37.4 Å². The summed E-state index contributed by atoms with van der Waals surface area (Å²) in [5.74, 6) is -0.718. The first-order valence-electron chi connectivity index (χ1n) is 7.40. The van der Waals surface area contributed by atoms with E-state index < -0.39 is 22.9 Å². The van der Waals surface area contributed by atoms with Gasteiger partial charge in [-0.3, -0.25) is 14.9 Å². The van der Waals surface area contributed by atoms with E-state index in [9.17, 15) is 28.1 Å². The summed E-state index contributed by atoms with van der Waals surface area (Å²) in [6.45, 7) is -0.261. The Kier molecular flexibility index (Phi) is 6.06. The van der Waals surface area contributed by atoms with Gasteiger partial charge in [0.2, 0.25) is 5.91 Å². The smallest absolute Gasteiger partial charge is 0.496 e. The average Bonchev–Trinajstić information content (AvgIpc) is 2.60. The van der Waals surface area contributed by atoms with E-state index >= 15 is 0 Å². The third-order valence-electron chi connectivity index (χ3n) is 3.22. The molecule has 2 rings (SSSR count). The van der Waals surface area contributed by atoms with Crippen LogP contribution in [-0.2, 0) is 4.79 Å². The Labute approximate surface area is 151 Å². The molecule has 0 aliphatic heterocycles. The molecule has 0 aliphatic rings. The number of alkyl halides is 3. The molecule has 0 unspecified atom stereocenters. The Morgan fingerprint density at radius 1 is 1.15 bits per heavy atom. The molecule has 0 heterocycles. The molecule has 2 aromatic rings. The summed E-state index contributed by atoms with van der Waals surface area (Å²) >= 11 is 0. The maximum atomic E-state index is 12.1. The van der Waals surface area contributed by atoms with Crippen molar-refractivity contribution in [1.29, 1.82) is 0 Å². The SMILES string of the molecule is COc1ccc(NC(=O)CNc2ccc(OC(F)(F)F)cc2)c([N+](=O)[O-])c1. The first-order chi connectivity index (χ1) is 12.7. The van der Waals surface area contributed by atoms with Gasteiger partial charge in [0.1, 0.15) is 17.2 Å². The summed E-state index contributed by atoms with van der Waals surface area (Å²) in [5, 5.41) is 16.1. The molecule has 0 aromatic heterocycles. The normalized spacial score (nSPS) is 10.8. The van der Waals surface area contributed by atoms with Crippen molar-refractivity contribution in [3.05, 3.63) is 52.6 Å². The molecule has 1 amide bonds. The number of carbonyl (C=O) groups is 1. The van der Waals surface area contributed by atoms with Crippen LogP contribution in [0.5, 0.6) is 11.5 Å². The molecular formula is C16H14F3N3O5. The maximum absolute atomic E-state index is 12.1. The predicted octanol–water partition coefficient (Wildman–Crippen LogP) is 3.55. The first kappa shape index (κ1) is 19.8. The summed E-state index contributed by atoms with van der Waals surface area (Å²) in [5.41, 5.74) is 0.0155. The number of halogens is 3. The van der Waals surface area contributed by atoms with Gasteiger partial charge in [0.25, 0.3) is 5.69 Å². The molecule has 0 bridgehead atoms. The highest BCUT2D eigenvalue weighted by atomic mass is 19.4. The Morgan fingerprint density at radius 3 is 2.33 bits per heavy atom. The highest BCUT2D eigenvalue weighted by molar-refractivity contribution is 5.95. The largest absolute Gasteiger partial charge is 0.573 e. The van der Waals surface area contributed by atoms with Gasteiger partial charge in [0.05, 0.1) is 24.6 Å². The summed E-state index contributed by atoms with van der Waals surface area (Å²) in [4.78, 5) is 22.4. The number of nitro benzene ring substituents is 1. The lowest BCUT2D eigenvalue weighted by atomic mass is 10.2. The van der Waals surface area contributed by atoms with Crippen molar-refractivity contribution in [2.24, 2.45) is 0 Å². The number of hydrogen-bond donors (Lipinski definition) is 2. The molecule has 2 N–H and O–H groups in total. The molecule has 8 nitrogen and oxygen atoms in total. The van der Waals surface area contributed by atoms with Crippen molar-refractivity contribution < 1.29 is 32.4 Å². The average molecular weight is 385 g/mol. The summed E-state index contributed by atoms with van der Waals surface area (Å²) < 4.78 is 44.9. The van der Waals surface area contributed by atoms with Gasteiger partial charge < -0.3 is 20.1 Å². The third-order valence-corrected chi connectivity index (χ3v) is 3.22. The zero-order chi connectivity index (χ0) is 20.0. The van der Waals surface area contributed by atoms with Crippen molar-refractivity contribution in [3.8, 4) is 11.5 Å². The molecule has 144 valence electrons. The second-order valence-electron chi connectivity index (χ2n) is 5.11. The first-order valence-corrected chi connectivity index (χ1v) is 7.40. The molecule has 11 heteroatoms. The minimum Gasteiger partial charge on any atom is -0.496 e. The molecule has 0 saturated heterocycles. The van der Waals surface area contributed by atoms with E-state index in [4.69, 9.17) is 4.74 Å². The zero-order valence-electron chi connectivity index (χ0n) is 13.9. The number of nitrogens with zero attached hydrogens (tertiary/aromatic N) is 1. The molecule has 0 radical (unpaired) electrons. The Bertz CT molecular complexity index is 825. The van der Waals surface area contributed by atoms with E-state index in [1.54, 1.807) is 0 Å². The van der Waals surface area contributed by atoms with E-state index in [2.05, 4.69) is 15.4 Å². The fourth-order valence-electron chi connectivity index (χ4n) is 2.05. The number of anilines is 2. The van der Waals surface area contributed by atoms with Crippen LogP contribution in [0.1, 0.15) is 0 Å². The zero-order valence-corrected chi connectivity index (χ0v) is 13.9. The highest BCUT2D eigenvalue weighted by Crippen LogP contribution is 2.29. The number of methoxy groups -OCH3 is 1. The van der Waals surface area contributed by atoms with E-state index in [1.807, 2.05) is 0 Å². The van der Waals surface area contributed by atoms with E-state index in [0.29, 0.717) is 5.69 Å². The van der Waals surface area contributed by atoms with Crippen LogP contribution in [0.15, 0.2) is 42.5 Å². The number of amides is 1. The molecule has 27 heavy (non-hydrogen) atoms. The lowest BCUT2D eigenvalue weighted by Crippen LogP contribution is -2.22. The lowest BCUT2D eigenvalue weighted by Gasteiger charge is -2.11. The van der Waals surface area contributed by atoms with Crippen LogP contribution in [0.3, 0.4) is 0 Å². The minimum absolute atomic E-state index is 0.0125. The second kappa shape index (κ2) is 8.25. The topological polar surface area (TPSA) is 103 Å². The van der Waals surface area contributed by atoms with Gasteiger partial charge in [-0.25, -0.2) is 0 Å². The predicted molar refractivity (Wildman–Crippen MR) is 89.9 cm³/mol. The van der Waals surface area contributed by atoms with Crippen LogP contribution in [0.2, 0.25) is 0 Å². The minimum atomic E-state index is -4.79. The number of ether oxygens (including phenoxy) is 2. The van der Waals surface area contributed by atoms with Crippen LogP contribution in [0, 0.1) is 10.1 Å². The van der Waals surface area contributed by atoms with Gasteiger partial charge >= 0.3 is 6.36 Å². The number of nitrogens with one attached hydrogen (secondary N) is 2. The standard InChI is InChI=1S/C16H14F3N3O5/c1-26-12-6-7-13(14(8-12)22(24)25)21-15(23)9-20-10-2-4-11(5-3-10)27-16(17,18)19/h2-8,20H,9H2,1H3,(H,21,23). The van der Waals surface area contributed by atoms with Crippen molar-refractivity contribution in [3.63, 3.8) is 0 Å². The Hall–Kier alpha value is -3.50. The van der Waals surface area contributed by atoms with Gasteiger partial charge in [-0.05, 0) is 36.4 Å². The van der Waals surface area contributed by atoms with Gasteiger partial charge in [0, 0.05) is 5.69 Å². The van der Waals surface area contributed by atoms with Crippen LogP contribution in [0.25, 0.3) is 0 Å². The Morgan fingerprint density at radius 2 is 1.78 bits per heavy atom. The lowest BCUT2D eigenvalue weighted by molar-refractivity contribution is -0.384. The molecule has 2 aromatic carbocycles. The summed E-state index contributed by atoms with van der Waals surface area (Å²) in [7, 11) is 1.35. The maximum Gasteiger partial charge on any atom is 0.573 e. The monoisotopic (exact) mass is 385 g/mol. The Balaban J connectivity index is 1.96. The molecule has 0 fully saturated rings. The van der Waals surface area contributed by atoms with Gasteiger partial charge in [-0.15, -0.1) is 13.2 Å². The molecule has 0 spiro atoms. The van der Waals surface area contributed by atoms with Crippen molar-refractivity contribution in [2.75, 3.05) is 24.3 Å². The van der Waals surface area contributed by atoms with Crippen LogP contribution in [-0.4, -0.2) is 30.8 Å². The van der Waals surface area contributed by atoms with E-state index in [0.717, 1.165) is 12.1 Å².